The van der Waals surface area contributed by atoms with Gasteiger partial charge < -0.3 is 15.5 Å². The average molecular weight is 388 g/mol. The minimum Gasteiger partial charge on any atom is -0.481 e. The summed E-state index contributed by atoms with van der Waals surface area (Å²) in [5.41, 5.74) is -2.60. The van der Waals surface area contributed by atoms with Gasteiger partial charge in [0, 0.05) is 16.8 Å². The van der Waals surface area contributed by atoms with E-state index in [0.717, 1.165) is 0 Å². The maximum Gasteiger partial charge on any atom is 0.424 e. The van der Waals surface area contributed by atoms with Crippen molar-refractivity contribution in [1.82, 2.24) is 4.98 Å². The zero-order valence-electron chi connectivity index (χ0n) is 13.5. The third-order valence-electron chi connectivity index (χ3n) is 3.42. The summed E-state index contributed by atoms with van der Waals surface area (Å²) in [5, 5.41) is 21.9. The second kappa shape index (κ2) is 7.42. The lowest BCUT2D eigenvalue weighted by molar-refractivity contribution is -0.266. The van der Waals surface area contributed by atoms with E-state index in [-0.39, 0.29) is 12.1 Å². The van der Waals surface area contributed by atoms with Crippen molar-refractivity contribution in [3.8, 4) is 0 Å². The lowest BCUT2D eigenvalue weighted by atomic mass is 9.99. The highest BCUT2D eigenvalue weighted by Crippen LogP contribution is 2.42. The number of halogens is 3. The van der Waals surface area contributed by atoms with Gasteiger partial charge in [0.1, 0.15) is 5.01 Å². The van der Waals surface area contributed by atoms with Crippen molar-refractivity contribution in [2.75, 3.05) is 5.32 Å². The first-order valence-electron chi connectivity index (χ1n) is 7.33. The molecule has 1 unspecified atom stereocenters. The highest BCUT2D eigenvalue weighted by molar-refractivity contribution is 7.09. The van der Waals surface area contributed by atoms with Crippen molar-refractivity contribution in [3.63, 3.8) is 0 Å². The minimum absolute atomic E-state index is 0.133. The Morgan fingerprint density at radius 3 is 2.54 bits per heavy atom. The fraction of sp³-hybridized carbons (Fsp3) is 0.312. The number of benzene rings is 1. The van der Waals surface area contributed by atoms with Crippen molar-refractivity contribution < 1.29 is 33.0 Å². The van der Waals surface area contributed by atoms with E-state index in [1.807, 2.05) is 0 Å². The Balaban J connectivity index is 2.19. The number of carbonyl (C=O) groups excluding carboxylic acids is 1. The number of amides is 1. The maximum atomic E-state index is 13.4. The second-order valence-corrected chi connectivity index (χ2v) is 6.51. The molecular formula is C16H15F3N2O4S. The van der Waals surface area contributed by atoms with Gasteiger partial charge in [0.25, 0.3) is 0 Å². The van der Waals surface area contributed by atoms with Crippen LogP contribution >= 0.6 is 11.3 Å². The molecule has 1 amide bonds. The van der Waals surface area contributed by atoms with Crippen molar-refractivity contribution in [2.45, 2.75) is 31.5 Å². The lowest BCUT2D eigenvalue weighted by Gasteiger charge is -2.27. The number of carboxylic acid groups (broad SMARTS) is 1. The normalized spacial score (nSPS) is 13.9. The van der Waals surface area contributed by atoms with Gasteiger partial charge in [0.15, 0.2) is 0 Å². The first kappa shape index (κ1) is 19.9. The molecule has 140 valence electrons. The second-order valence-electron chi connectivity index (χ2n) is 5.65. The number of aryl methyl sites for hydroxylation is 1. The van der Waals surface area contributed by atoms with Crippen molar-refractivity contribution in [3.05, 3.63) is 45.9 Å². The molecule has 0 radical (unpaired) electrons. The van der Waals surface area contributed by atoms with Crippen LogP contribution < -0.4 is 5.32 Å². The summed E-state index contributed by atoms with van der Waals surface area (Å²) in [4.78, 5) is 26.4. The zero-order chi connectivity index (χ0) is 19.5. The van der Waals surface area contributed by atoms with Crippen LogP contribution in [-0.4, -0.2) is 33.2 Å². The van der Waals surface area contributed by atoms with Gasteiger partial charge in [-0.1, -0.05) is 12.1 Å². The molecule has 0 aliphatic heterocycles. The number of nitrogens with zero attached hydrogens (tertiary/aromatic N) is 1. The Hall–Kier alpha value is -2.46. The quantitative estimate of drug-likeness (QED) is 0.707. The summed E-state index contributed by atoms with van der Waals surface area (Å²) in [6.45, 7) is 1.48. The van der Waals surface area contributed by atoms with Crippen molar-refractivity contribution >= 4 is 28.9 Å². The van der Waals surface area contributed by atoms with E-state index in [2.05, 4.69) is 10.3 Å². The number of anilines is 1. The molecule has 26 heavy (non-hydrogen) atoms. The van der Waals surface area contributed by atoms with Crippen LogP contribution in [0.3, 0.4) is 0 Å². The van der Waals surface area contributed by atoms with Gasteiger partial charge in [0.05, 0.1) is 12.8 Å². The molecule has 0 saturated heterocycles. The van der Waals surface area contributed by atoms with E-state index in [0.29, 0.717) is 22.6 Å². The fourth-order valence-electron chi connectivity index (χ4n) is 2.21. The van der Waals surface area contributed by atoms with Gasteiger partial charge in [0.2, 0.25) is 11.5 Å². The minimum atomic E-state index is -5.10. The average Bonchev–Trinajstić information content (AvgIpc) is 2.92. The first-order chi connectivity index (χ1) is 12.0. The highest BCUT2D eigenvalue weighted by Gasteiger charge is 2.58. The first-order valence-corrected chi connectivity index (χ1v) is 8.21. The zero-order valence-corrected chi connectivity index (χ0v) is 14.3. The molecule has 0 spiro atoms. The van der Waals surface area contributed by atoms with Gasteiger partial charge >= 0.3 is 12.1 Å². The number of alkyl halides is 3. The molecule has 1 aromatic heterocycles. The predicted octanol–water partition coefficient (Wildman–Crippen LogP) is 2.86. The number of carboxylic acids is 1. The molecule has 0 bridgehead atoms. The summed E-state index contributed by atoms with van der Waals surface area (Å²) < 4.78 is 40.1. The van der Waals surface area contributed by atoms with Crippen molar-refractivity contribution in [1.29, 1.82) is 0 Å². The number of hydrogen-bond donors (Lipinski definition) is 3. The standard InChI is InChI=1S/C16H15F3N2O4S/c1-9-8-26-14(20-9)15(25,16(17,18)19)7-12(22)21-11-4-2-3-10(5-11)6-13(23)24/h2-5,8,25H,6-7H2,1H3,(H,21,22)(H,23,24). The van der Waals surface area contributed by atoms with Gasteiger partial charge in [-0.05, 0) is 24.6 Å². The number of aliphatic carboxylic acids is 1. The van der Waals surface area contributed by atoms with Gasteiger partial charge in [-0.25, -0.2) is 4.98 Å². The van der Waals surface area contributed by atoms with Crippen LogP contribution in [0.2, 0.25) is 0 Å². The van der Waals surface area contributed by atoms with Crippen LogP contribution in [0.25, 0.3) is 0 Å². The molecule has 1 atom stereocenters. The molecule has 0 aliphatic carbocycles. The number of rotatable bonds is 6. The van der Waals surface area contributed by atoms with E-state index >= 15 is 0 Å². The monoisotopic (exact) mass is 388 g/mol. The number of hydrogen-bond acceptors (Lipinski definition) is 5. The molecule has 3 N–H and O–H groups in total. The topological polar surface area (TPSA) is 99.5 Å². The van der Waals surface area contributed by atoms with Crippen LogP contribution in [-0.2, 0) is 21.6 Å². The van der Waals surface area contributed by atoms with E-state index in [1.54, 1.807) is 0 Å². The number of carbonyl (C=O) groups is 2. The Bertz CT molecular complexity index is 822. The largest absolute Gasteiger partial charge is 0.481 e. The van der Waals surface area contributed by atoms with Crippen LogP contribution in [0, 0.1) is 6.92 Å². The smallest absolute Gasteiger partial charge is 0.424 e. The molecule has 0 saturated carbocycles. The molecule has 10 heteroatoms. The van der Waals surface area contributed by atoms with E-state index in [1.165, 1.54) is 36.6 Å². The Labute approximate surface area is 150 Å². The summed E-state index contributed by atoms with van der Waals surface area (Å²) in [5.74, 6) is -2.16. The molecule has 0 aliphatic rings. The molecule has 1 heterocycles. The SMILES string of the molecule is Cc1csc(C(O)(CC(=O)Nc2cccc(CC(=O)O)c2)C(F)(F)F)n1. The van der Waals surface area contributed by atoms with E-state index < -0.39 is 35.1 Å². The Kier molecular flexibility index (Phi) is 5.67. The molecule has 0 fully saturated rings. The van der Waals surface area contributed by atoms with Crippen molar-refractivity contribution in [2.24, 2.45) is 0 Å². The Morgan fingerprint density at radius 1 is 1.31 bits per heavy atom. The molecular weight excluding hydrogens is 373 g/mol. The number of thiazole rings is 1. The summed E-state index contributed by atoms with van der Waals surface area (Å²) >= 11 is 0.615. The van der Waals surface area contributed by atoms with Crippen LogP contribution in [0.4, 0.5) is 18.9 Å². The summed E-state index contributed by atoms with van der Waals surface area (Å²) in [6, 6.07) is 5.72. The lowest BCUT2D eigenvalue weighted by Crippen LogP contribution is -2.45. The number of aliphatic hydroxyl groups is 1. The summed E-state index contributed by atoms with van der Waals surface area (Å²) in [6.07, 6.45) is -6.67. The Morgan fingerprint density at radius 2 is 2.00 bits per heavy atom. The van der Waals surface area contributed by atoms with Crippen LogP contribution in [0.5, 0.6) is 0 Å². The van der Waals surface area contributed by atoms with Gasteiger partial charge in [-0.15, -0.1) is 11.3 Å². The molecule has 2 aromatic rings. The molecule has 1 aromatic carbocycles. The molecule has 2 rings (SSSR count). The predicted molar refractivity (Wildman–Crippen MR) is 87.8 cm³/mol. The number of aromatic nitrogens is 1. The third kappa shape index (κ3) is 4.58. The maximum absolute atomic E-state index is 13.4. The number of nitrogens with one attached hydrogen (secondary N) is 1. The van der Waals surface area contributed by atoms with Gasteiger partial charge in [-0.2, -0.15) is 13.2 Å². The van der Waals surface area contributed by atoms with Gasteiger partial charge in [-0.3, -0.25) is 9.59 Å². The van der Waals surface area contributed by atoms with E-state index in [4.69, 9.17) is 5.11 Å². The fourth-order valence-corrected chi connectivity index (χ4v) is 3.13. The van der Waals surface area contributed by atoms with E-state index in [9.17, 15) is 27.9 Å². The van der Waals surface area contributed by atoms with Crippen LogP contribution in [0.1, 0.15) is 22.7 Å². The highest BCUT2D eigenvalue weighted by atomic mass is 32.1. The third-order valence-corrected chi connectivity index (χ3v) is 4.54. The molecule has 6 nitrogen and oxygen atoms in total. The van der Waals surface area contributed by atoms with Crippen LogP contribution in [0.15, 0.2) is 29.6 Å². The summed E-state index contributed by atoms with van der Waals surface area (Å²) in [7, 11) is 0.